The molecule has 18 heavy (non-hydrogen) atoms. The lowest BCUT2D eigenvalue weighted by atomic mass is 10.0. The molecule has 1 aromatic carbocycles. The molecule has 2 unspecified atom stereocenters. The molecule has 98 valence electrons. The fourth-order valence-electron chi connectivity index (χ4n) is 1.94. The molecule has 0 fully saturated rings. The molecule has 1 aliphatic heterocycles. The van der Waals surface area contributed by atoms with Crippen LogP contribution in [0.1, 0.15) is 24.9 Å². The van der Waals surface area contributed by atoms with Crippen LogP contribution in [-0.4, -0.2) is 29.5 Å². The molecule has 1 aromatic rings. The quantitative estimate of drug-likeness (QED) is 0.783. The summed E-state index contributed by atoms with van der Waals surface area (Å²) in [6.45, 7) is 1.92. The first-order valence-electron chi connectivity index (χ1n) is 6.11. The van der Waals surface area contributed by atoms with E-state index in [-0.39, 0.29) is 18.6 Å². The van der Waals surface area contributed by atoms with Gasteiger partial charge in [-0.05, 0) is 25.0 Å². The Bertz CT molecular complexity index is 423. The van der Waals surface area contributed by atoms with Crippen LogP contribution in [0.3, 0.4) is 0 Å². The van der Waals surface area contributed by atoms with Crippen molar-refractivity contribution >= 4 is 17.8 Å². The zero-order chi connectivity index (χ0) is 13.0. The van der Waals surface area contributed by atoms with Gasteiger partial charge in [0, 0.05) is 17.2 Å². The standard InChI is InChI=1S/C13H18N2O2S/c1-9(16)8-14-13(17)15-11-6-7-18-12-5-3-2-4-10(11)12/h2-5,9,11,16H,6-8H2,1H3,(H2,14,15,17). The average molecular weight is 266 g/mol. The topological polar surface area (TPSA) is 61.4 Å². The lowest BCUT2D eigenvalue weighted by molar-refractivity contribution is 0.186. The van der Waals surface area contributed by atoms with Crippen molar-refractivity contribution in [1.29, 1.82) is 0 Å². The summed E-state index contributed by atoms with van der Waals surface area (Å²) in [4.78, 5) is 12.9. The fraction of sp³-hybridized carbons (Fsp3) is 0.462. The summed E-state index contributed by atoms with van der Waals surface area (Å²) in [5.41, 5.74) is 1.18. The first-order valence-corrected chi connectivity index (χ1v) is 7.09. The van der Waals surface area contributed by atoms with E-state index in [1.807, 2.05) is 23.9 Å². The molecular weight excluding hydrogens is 248 g/mol. The molecule has 5 heteroatoms. The summed E-state index contributed by atoms with van der Waals surface area (Å²) in [7, 11) is 0. The van der Waals surface area contributed by atoms with Gasteiger partial charge < -0.3 is 15.7 Å². The number of thioether (sulfide) groups is 1. The van der Waals surface area contributed by atoms with Gasteiger partial charge in [0.1, 0.15) is 0 Å². The van der Waals surface area contributed by atoms with Crippen LogP contribution in [-0.2, 0) is 0 Å². The molecular formula is C13H18N2O2S. The van der Waals surface area contributed by atoms with E-state index < -0.39 is 6.10 Å². The predicted molar refractivity (Wildman–Crippen MR) is 72.7 cm³/mol. The van der Waals surface area contributed by atoms with Gasteiger partial charge in [-0.2, -0.15) is 0 Å². The maximum absolute atomic E-state index is 11.7. The Kier molecular flexibility index (Phi) is 4.49. The predicted octanol–water partition coefficient (Wildman–Crippen LogP) is 1.90. The largest absolute Gasteiger partial charge is 0.392 e. The lowest BCUT2D eigenvalue weighted by Gasteiger charge is -2.26. The molecule has 1 aliphatic rings. The molecule has 0 saturated heterocycles. The highest BCUT2D eigenvalue weighted by Gasteiger charge is 2.21. The first kappa shape index (κ1) is 13.2. The van der Waals surface area contributed by atoms with Crippen LogP contribution in [0.5, 0.6) is 0 Å². The lowest BCUT2D eigenvalue weighted by Crippen LogP contribution is -2.41. The van der Waals surface area contributed by atoms with Gasteiger partial charge in [-0.25, -0.2) is 4.79 Å². The van der Waals surface area contributed by atoms with Gasteiger partial charge in [-0.1, -0.05) is 18.2 Å². The molecule has 0 radical (unpaired) electrons. The molecule has 0 saturated carbocycles. The number of benzene rings is 1. The first-order chi connectivity index (χ1) is 8.66. The van der Waals surface area contributed by atoms with Crippen molar-refractivity contribution in [2.45, 2.75) is 30.4 Å². The van der Waals surface area contributed by atoms with Crippen molar-refractivity contribution < 1.29 is 9.90 Å². The van der Waals surface area contributed by atoms with Crippen molar-refractivity contribution in [2.75, 3.05) is 12.3 Å². The molecule has 4 nitrogen and oxygen atoms in total. The van der Waals surface area contributed by atoms with Crippen LogP contribution in [0.2, 0.25) is 0 Å². The summed E-state index contributed by atoms with van der Waals surface area (Å²) in [6.07, 6.45) is 0.411. The van der Waals surface area contributed by atoms with Crippen molar-refractivity contribution in [3.8, 4) is 0 Å². The van der Waals surface area contributed by atoms with Crippen LogP contribution in [0.25, 0.3) is 0 Å². The van der Waals surface area contributed by atoms with E-state index in [1.54, 1.807) is 6.92 Å². The smallest absolute Gasteiger partial charge is 0.315 e. The van der Waals surface area contributed by atoms with Crippen LogP contribution in [0.4, 0.5) is 4.79 Å². The Morgan fingerprint density at radius 1 is 1.56 bits per heavy atom. The van der Waals surface area contributed by atoms with Crippen LogP contribution in [0.15, 0.2) is 29.2 Å². The Morgan fingerprint density at radius 2 is 2.33 bits per heavy atom. The number of nitrogens with one attached hydrogen (secondary N) is 2. The van der Waals surface area contributed by atoms with Gasteiger partial charge in [0.05, 0.1) is 12.1 Å². The van der Waals surface area contributed by atoms with E-state index in [9.17, 15) is 4.79 Å². The highest BCUT2D eigenvalue weighted by Crippen LogP contribution is 2.35. The number of aliphatic hydroxyl groups is 1. The summed E-state index contributed by atoms with van der Waals surface area (Å²) in [5.74, 6) is 1.01. The van der Waals surface area contributed by atoms with E-state index in [0.717, 1.165) is 12.2 Å². The second-order valence-corrected chi connectivity index (χ2v) is 5.57. The Labute approximate surface area is 111 Å². The van der Waals surface area contributed by atoms with Gasteiger partial charge in [0.2, 0.25) is 0 Å². The third-order valence-electron chi connectivity index (χ3n) is 2.82. The number of rotatable bonds is 3. The van der Waals surface area contributed by atoms with Gasteiger partial charge in [0.15, 0.2) is 0 Å². The van der Waals surface area contributed by atoms with E-state index in [4.69, 9.17) is 5.11 Å². The molecule has 0 bridgehead atoms. The summed E-state index contributed by atoms with van der Waals surface area (Å²) >= 11 is 1.83. The zero-order valence-corrected chi connectivity index (χ0v) is 11.2. The summed E-state index contributed by atoms with van der Waals surface area (Å²) in [5, 5.41) is 14.7. The molecule has 0 spiro atoms. The van der Waals surface area contributed by atoms with Crippen LogP contribution in [0, 0.1) is 0 Å². The number of carbonyl (C=O) groups is 1. The van der Waals surface area contributed by atoms with E-state index in [0.29, 0.717) is 0 Å². The number of hydrogen-bond acceptors (Lipinski definition) is 3. The van der Waals surface area contributed by atoms with Gasteiger partial charge in [0.25, 0.3) is 0 Å². The van der Waals surface area contributed by atoms with Crippen molar-refractivity contribution in [3.63, 3.8) is 0 Å². The Balaban J connectivity index is 1.96. The highest BCUT2D eigenvalue weighted by atomic mass is 32.2. The minimum atomic E-state index is -0.523. The fourth-order valence-corrected chi connectivity index (χ4v) is 3.07. The van der Waals surface area contributed by atoms with E-state index >= 15 is 0 Å². The second kappa shape index (κ2) is 6.11. The number of aliphatic hydroxyl groups excluding tert-OH is 1. The Morgan fingerprint density at radius 3 is 3.11 bits per heavy atom. The third-order valence-corrected chi connectivity index (χ3v) is 3.94. The van der Waals surface area contributed by atoms with Gasteiger partial charge >= 0.3 is 6.03 Å². The SMILES string of the molecule is CC(O)CNC(=O)NC1CCSc2ccccc21. The monoisotopic (exact) mass is 266 g/mol. The van der Waals surface area contributed by atoms with Crippen molar-refractivity contribution in [2.24, 2.45) is 0 Å². The molecule has 2 amide bonds. The minimum absolute atomic E-state index is 0.0662. The van der Waals surface area contributed by atoms with Gasteiger partial charge in [-0.3, -0.25) is 0 Å². The van der Waals surface area contributed by atoms with Crippen molar-refractivity contribution in [1.82, 2.24) is 10.6 Å². The number of hydrogen-bond donors (Lipinski definition) is 3. The number of carbonyl (C=O) groups excluding carboxylic acids is 1. The zero-order valence-electron chi connectivity index (χ0n) is 10.3. The maximum atomic E-state index is 11.7. The Hall–Kier alpha value is -1.20. The van der Waals surface area contributed by atoms with E-state index in [1.165, 1.54) is 10.5 Å². The highest BCUT2D eigenvalue weighted by molar-refractivity contribution is 7.99. The molecule has 2 atom stereocenters. The second-order valence-electron chi connectivity index (χ2n) is 4.43. The molecule has 2 rings (SSSR count). The molecule has 1 heterocycles. The minimum Gasteiger partial charge on any atom is -0.392 e. The molecule has 3 N–H and O–H groups in total. The summed E-state index contributed by atoms with van der Waals surface area (Å²) in [6, 6.07) is 8.00. The number of amides is 2. The average Bonchev–Trinajstić information content (AvgIpc) is 2.37. The maximum Gasteiger partial charge on any atom is 0.315 e. The third kappa shape index (κ3) is 3.40. The number of urea groups is 1. The van der Waals surface area contributed by atoms with Crippen LogP contribution < -0.4 is 10.6 Å². The number of fused-ring (bicyclic) bond motifs is 1. The van der Waals surface area contributed by atoms with Crippen LogP contribution >= 0.6 is 11.8 Å². The molecule has 0 aromatic heterocycles. The van der Waals surface area contributed by atoms with Crippen molar-refractivity contribution in [3.05, 3.63) is 29.8 Å². The molecule has 0 aliphatic carbocycles. The van der Waals surface area contributed by atoms with E-state index in [2.05, 4.69) is 22.8 Å². The normalized spacial score (nSPS) is 19.8. The summed E-state index contributed by atoms with van der Waals surface area (Å²) < 4.78 is 0. The van der Waals surface area contributed by atoms with Gasteiger partial charge in [-0.15, -0.1) is 11.8 Å².